The van der Waals surface area contributed by atoms with Crippen LogP contribution < -0.4 is 5.32 Å². The zero-order valence-electron chi connectivity index (χ0n) is 11.0. The van der Waals surface area contributed by atoms with Crippen LogP contribution in [-0.4, -0.2) is 29.7 Å². The van der Waals surface area contributed by atoms with Crippen LogP contribution in [0.25, 0.3) is 11.0 Å². The van der Waals surface area contributed by atoms with Gasteiger partial charge in [0.1, 0.15) is 11.9 Å². The van der Waals surface area contributed by atoms with Crippen LogP contribution in [0.1, 0.15) is 17.4 Å². The van der Waals surface area contributed by atoms with Gasteiger partial charge in [-0.05, 0) is 31.7 Å². The van der Waals surface area contributed by atoms with Gasteiger partial charge in [-0.3, -0.25) is 0 Å². The molecule has 18 heavy (non-hydrogen) atoms. The highest BCUT2D eigenvalue weighted by Crippen LogP contribution is 2.21. The van der Waals surface area contributed by atoms with Crippen LogP contribution in [0, 0.1) is 6.92 Å². The lowest BCUT2D eigenvalue weighted by atomic mass is 10.1. The van der Waals surface area contributed by atoms with E-state index < -0.39 is 6.04 Å². The molecule has 0 aliphatic carbocycles. The molecule has 0 bridgehead atoms. The summed E-state index contributed by atoms with van der Waals surface area (Å²) in [6, 6.07) is 5.35. The minimum absolute atomic E-state index is 0.301. The fourth-order valence-electron chi connectivity index (χ4n) is 2.06. The molecule has 1 heterocycles. The SMILES string of the molecule is CNC(C(=O)OC)c1ccc2c(c1)nc(C)n2C. The van der Waals surface area contributed by atoms with E-state index in [-0.39, 0.29) is 5.97 Å². The molecule has 0 spiro atoms. The number of aryl methyl sites for hydroxylation is 2. The highest BCUT2D eigenvalue weighted by Gasteiger charge is 2.20. The van der Waals surface area contributed by atoms with Gasteiger partial charge in [0.15, 0.2) is 0 Å². The van der Waals surface area contributed by atoms with Gasteiger partial charge in [-0.25, -0.2) is 9.78 Å². The number of hydrogen-bond donors (Lipinski definition) is 1. The molecule has 0 aliphatic rings. The van der Waals surface area contributed by atoms with Gasteiger partial charge in [-0.1, -0.05) is 6.07 Å². The summed E-state index contributed by atoms with van der Waals surface area (Å²) in [5.41, 5.74) is 2.79. The number of hydrogen-bond acceptors (Lipinski definition) is 4. The topological polar surface area (TPSA) is 56.1 Å². The van der Waals surface area contributed by atoms with Gasteiger partial charge < -0.3 is 14.6 Å². The molecule has 0 saturated heterocycles. The third-order valence-corrected chi connectivity index (χ3v) is 3.19. The molecule has 0 amide bonds. The van der Waals surface area contributed by atoms with E-state index in [9.17, 15) is 4.79 Å². The first-order valence-corrected chi connectivity index (χ1v) is 5.76. The van der Waals surface area contributed by atoms with Crippen molar-refractivity contribution in [2.24, 2.45) is 7.05 Å². The summed E-state index contributed by atoms with van der Waals surface area (Å²) in [6.07, 6.45) is 0. The minimum atomic E-state index is -0.457. The number of nitrogens with zero attached hydrogens (tertiary/aromatic N) is 2. The number of imidazole rings is 1. The van der Waals surface area contributed by atoms with E-state index in [0.717, 1.165) is 22.4 Å². The van der Waals surface area contributed by atoms with E-state index in [1.165, 1.54) is 7.11 Å². The molecule has 96 valence electrons. The normalized spacial score (nSPS) is 12.7. The second-order valence-corrected chi connectivity index (χ2v) is 4.21. The number of likely N-dealkylation sites (N-methyl/N-ethyl adjacent to an activating group) is 1. The fourth-order valence-corrected chi connectivity index (χ4v) is 2.06. The van der Waals surface area contributed by atoms with Crippen LogP contribution in [0.4, 0.5) is 0 Å². The second kappa shape index (κ2) is 4.78. The minimum Gasteiger partial charge on any atom is -0.468 e. The number of ether oxygens (including phenoxy) is 1. The monoisotopic (exact) mass is 247 g/mol. The Morgan fingerprint density at radius 1 is 1.50 bits per heavy atom. The summed E-state index contributed by atoms with van der Waals surface area (Å²) in [7, 11) is 5.09. The van der Waals surface area contributed by atoms with E-state index in [0.29, 0.717) is 0 Å². The van der Waals surface area contributed by atoms with Gasteiger partial charge in [0.05, 0.1) is 18.1 Å². The van der Waals surface area contributed by atoms with Crippen molar-refractivity contribution in [2.45, 2.75) is 13.0 Å². The molecule has 0 saturated carbocycles. The summed E-state index contributed by atoms with van der Waals surface area (Å²) in [6.45, 7) is 1.95. The van der Waals surface area contributed by atoms with Crippen molar-refractivity contribution >= 4 is 17.0 Å². The van der Waals surface area contributed by atoms with Gasteiger partial charge in [-0.2, -0.15) is 0 Å². The van der Waals surface area contributed by atoms with E-state index >= 15 is 0 Å². The van der Waals surface area contributed by atoms with Crippen molar-refractivity contribution in [1.82, 2.24) is 14.9 Å². The number of nitrogens with one attached hydrogen (secondary N) is 1. The Balaban J connectivity index is 2.49. The molecule has 0 radical (unpaired) electrons. The summed E-state index contributed by atoms with van der Waals surface area (Å²) in [4.78, 5) is 16.1. The van der Waals surface area contributed by atoms with Crippen LogP contribution in [0.15, 0.2) is 18.2 Å². The number of fused-ring (bicyclic) bond motifs is 1. The number of carbonyl (C=O) groups is 1. The zero-order chi connectivity index (χ0) is 13.3. The van der Waals surface area contributed by atoms with Crippen molar-refractivity contribution in [3.05, 3.63) is 29.6 Å². The number of benzene rings is 1. The molecule has 5 nitrogen and oxygen atoms in total. The average Bonchev–Trinajstić information content (AvgIpc) is 2.65. The van der Waals surface area contributed by atoms with Crippen LogP contribution in [0.3, 0.4) is 0 Å². The molecule has 0 fully saturated rings. The van der Waals surface area contributed by atoms with Crippen LogP contribution >= 0.6 is 0 Å². The van der Waals surface area contributed by atoms with Gasteiger partial charge in [0.2, 0.25) is 0 Å². The average molecular weight is 247 g/mol. The Kier molecular flexibility index (Phi) is 3.34. The summed E-state index contributed by atoms with van der Waals surface area (Å²) in [5, 5.41) is 2.95. The number of rotatable bonds is 3. The summed E-state index contributed by atoms with van der Waals surface area (Å²) in [5.74, 6) is 0.644. The van der Waals surface area contributed by atoms with Crippen molar-refractivity contribution in [3.8, 4) is 0 Å². The van der Waals surface area contributed by atoms with Crippen molar-refractivity contribution in [3.63, 3.8) is 0 Å². The molecular weight excluding hydrogens is 230 g/mol. The maximum Gasteiger partial charge on any atom is 0.327 e. The molecule has 5 heteroatoms. The predicted molar refractivity (Wildman–Crippen MR) is 69.3 cm³/mol. The van der Waals surface area contributed by atoms with Crippen LogP contribution in [-0.2, 0) is 16.6 Å². The first kappa shape index (κ1) is 12.6. The lowest BCUT2D eigenvalue weighted by Gasteiger charge is -2.13. The van der Waals surface area contributed by atoms with Crippen molar-refractivity contribution in [2.75, 3.05) is 14.2 Å². The Bertz CT molecular complexity index is 589. The van der Waals surface area contributed by atoms with Crippen LogP contribution in [0.5, 0.6) is 0 Å². The Hall–Kier alpha value is -1.88. The van der Waals surface area contributed by atoms with Gasteiger partial charge in [-0.15, -0.1) is 0 Å². The largest absolute Gasteiger partial charge is 0.468 e. The highest BCUT2D eigenvalue weighted by atomic mass is 16.5. The standard InChI is InChI=1S/C13H17N3O2/c1-8-15-10-7-9(5-6-11(10)16(8)3)12(14-2)13(17)18-4/h5-7,12,14H,1-4H3. The molecule has 1 atom stereocenters. The van der Waals surface area contributed by atoms with Crippen molar-refractivity contribution < 1.29 is 9.53 Å². The van der Waals surface area contributed by atoms with Gasteiger partial charge in [0.25, 0.3) is 0 Å². The Morgan fingerprint density at radius 2 is 2.22 bits per heavy atom. The van der Waals surface area contributed by atoms with Crippen molar-refractivity contribution in [1.29, 1.82) is 0 Å². The van der Waals surface area contributed by atoms with E-state index in [4.69, 9.17) is 4.74 Å². The first-order chi connectivity index (χ1) is 8.58. The molecule has 1 aromatic carbocycles. The van der Waals surface area contributed by atoms with Gasteiger partial charge >= 0.3 is 5.97 Å². The number of methoxy groups -OCH3 is 1. The molecule has 1 unspecified atom stereocenters. The molecule has 2 rings (SSSR count). The maximum absolute atomic E-state index is 11.6. The highest BCUT2D eigenvalue weighted by molar-refractivity contribution is 5.82. The molecule has 1 N–H and O–H groups in total. The van der Waals surface area contributed by atoms with Gasteiger partial charge in [0, 0.05) is 7.05 Å². The molecule has 1 aromatic heterocycles. The first-order valence-electron chi connectivity index (χ1n) is 5.76. The molecule has 2 aromatic rings. The summed E-state index contributed by atoms with van der Waals surface area (Å²) >= 11 is 0. The lowest BCUT2D eigenvalue weighted by Crippen LogP contribution is -2.26. The summed E-state index contributed by atoms with van der Waals surface area (Å²) < 4.78 is 6.79. The van der Waals surface area contributed by atoms with E-state index in [2.05, 4.69) is 10.3 Å². The third kappa shape index (κ3) is 1.97. The Morgan fingerprint density at radius 3 is 2.83 bits per heavy atom. The lowest BCUT2D eigenvalue weighted by molar-refractivity contribution is -0.143. The Labute approximate surface area is 106 Å². The van der Waals surface area contributed by atoms with E-state index in [1.54, 1.807) is 7.05 Å². The molecular formula is C13H17N3O2. The molecule has 0 aliphatic heterocycles. The second-order valence-electron chi connectivity index (χ2n) is 4.21. The number of esters is 1. The fraction of sp³-hybridized carbons (Fsp3) is 0.385. The smallest absolute Gasteiger partial charge is 0.327 e. The quantitative estimate of drug-likeness (QED) is 0.831. The van der Waals surface area contributed by atoms with Crippen LogP contribution in [0.2, 0.25) is 0 Å². The number of carbonyl (C=O) groups excluding carboxylic acids is 1. The number of aromatic nitrogens is 2. The van der Waals surface area contributed by atoms with E-state index in [1.807, 2.05) is 36.7 Å². The maximum atomic E-state index is 11.6. The third-order valence-electron chi connectivity index (χ3n) is 3.19. The predicted octanol–water partition coefficient (Wildman–Crippen LogP) is 1.32. The zero-order valence-corrected chi connectivity index (χ0v) is 11.0.